The summed E-state index contributed by atoms with van der Waals surface area (Å²) in [6.45, 7) is 4.87. The van der Waals surface area contributed by atoms with Crippen molar-refractivity contribution in [2.75, 3.05) is 17.2 Å². The van der Waals surface area contributed by atoms with Crippen molar-refractivity contribution in [2.24, 2.45) is 0 Å². The Morgan fingerprint density at radius 1 is 1.33 bits per heavy atom. The molecule has 5 nitrogen and oxygen atoms in total. The van der Waals surface area contributed by atoms with Gasteiger partial charge >= 0.3 is 0 Å². The van der Waals surface area contributed by atoms with Gasteiger partial charge in [0.15, 0.2) is 0 Å². The smallest absolute Gasteiger partial charge is 0.273 e. The minimum atomic E-state index is -0.352. The molecular weight excluding hydrogens is 230 g/mol. The lowest BCUT2D eigenvalue weighted by molar-refractivity contribution is -0.384. The van der Waals surface area contributed by atoms with Gasteiger partial charge in [0.2, 0.25) is 0 Å². The molecule has 2 N–H and O–H groups in total. The average molecular weight is 249 g/mol. The lowest BCUT2D eigenvalue weighted by Crippen LogP contribution is -2.41. The molecule has 0 spiro atoms. The van der Waals surface area contributed by atoms with E-state index in [1.54, 1.807) is 12.1 Å². The van der Waals surface area contributed by atoms with Crippen molar-refractivity contribution in [3.8, 4) is 0 Å². The third-order valence-electron chi connectivity index (χ3n) is 3.41. The summed E-state index contributed by atoms with van der Waals surface area (Å²) in [4.78, 5) is 10.6. The van der Waals surface area contributed by atoms with Gasteiger partial charge in [-0.05, 0) is 39.2 Å². The summed E-state index contributed by atoms with van der Waals surface area (Å²) in [5, 5.41) is 17.4. The van der Waals surface area contributed by atoms with E-state index < -0.39 is 0 Å². The fraction of sp³-hybridized carbons (Fsp3) is 0.538. The number of nitro groups is 1. The second-order valence-electron chi connectivity index (χ2n) is 5.10. The van der Waals surface area contributed by atoms with Crippen LogP contribution >= 0.6 is 0 Å². The molecule has 0 unspecified atom stereocenters. The van der Waals surface area contributed by atoms with Gasteiger partial charge in [-0.1, -0.05) is 0 Å². The minimum Gasteiger partial charge on any atom is -0.385 e. The Morgan fingerprint density at radius 3 is 2.50 bits per heavy atom. The number of anilines is 2. The van der Waals surface area contributed by atoms with E-state index in [9.17, 15) is 10.1 Å². The lowest BCUT2D eigenvalue weighted by Gasteiger charge is -2.40. The monoisotopic (exact) mass is 249 g/mol. The maximum Gasteiger partial charge on any atom is 0.273 e. The summed E-state index contributed by atoms with van der Waals surface area (Å²) in [6.07, 6.45) is 3.46. The van der Waals surface area contributed by atoms with Crippen LogP contribution in [0.3, 0.4) is 0 Å². The molecule has 0 atom stereocenters. The first kappa shape index (κ1) is 12.7. The Labute approximate surface area is 107 Å². The predicted molar refractivity (Wildman–Crippen MR) is 73.1 cm³/mol. The summed E-state index contributed by atoms with van der Waals surface area (Å²) >= 11 is 0. The Balaban J connectivity index is 2.24. The number of benzene rings is 1. The average Bonchev–Trinajstić information content (AvgIpc) is 2.27. The highest BCUT2D eigenvalue weighted by Crippen LogP contribution is 2.36. The Morgan fingerprint density at radius 2 is 2.00 bits per heavy atom. The number of nitrogens with zero attached hydrogens (tertiary/aromatic N) is 1. The maximum atomic E-state index is 10.9. The van der Waals surface area contributed by atoms with E-state index in [1.807, 2.05) is 13.0 Å². The van der Waals surface area contributed by atoms with Crippen molar-refractivity contribution < 1.29 is 4.92 Å². The minimum absolute atomic E-state index is 0.0959. The molecule has 0 saturated heterocycles. The molecule has 1 fully saturated rings. The molecule has 1 aromatic carbocycles. The molecule has 0 radical (unpaired) electrons. The number of nitro benzene ring substituents is 1. The van der Waals surface area contributed by atoms with E-state index in [2.05, 4.69) is 17.6 Å². The lowest BCUT2D eigenvalue weighted by atomic mass is 9.78. The van der Waals surface area contributed by atoms with E-state index in [0.717, 1.165) is 30.8 Å². The zero-order valence-electron chi connectivity index (χ0n) is 10.8. The van der Waals surface area contributed by atoms with Gasteiger partial charge in [0.1, 0.15) is 0 Å². The summed E-state index contributed by atoms with van der Waals surface area (Å²) in [7, 11) is 0. The molecule has 2 rings (SSSR count). The Kier molecular flexibility index (Phi) is 3.41. The van der Waals surface area contributed by atoms with Crippen molar-refractivity contribution in [3.63, 3.8) is 0 Å². The van der Waals surface area contributed by atoms with E-state index in [-0.39, 0.29) is 16.1 Å². The van der Waals surface area contributed by atoms with Gasteiger partial charge in [-0.25, -0.2) is 0 Å². The first-order chi connectivity index (χ1) is 8.52. The summed E-state index contributed by atoms with van der Waals surface area (Å²) in [5.74, 6) is 0. The molecule has 0 bridgehead atoms. The molecule has 0 amide bonds. The molecule has 5 heteroatoms. The van der Waals surface area contributed by atoms with Crippen molar-refractivity contribution in [1.29, 1.82) is 0 Å². The van der Waals surface area contributed by atoms with Crippen molar-refractivity contribution in [2.45, 2.75) is 38.6 Å². The number of non-ortho nitro benzene ring substituents is 1. The standard InChI is InChI=1S/C13H19N3O2/c1-3-14-10-7-11(9-12(8-10)16(17)18)15-13(2)5-4-6-13/h7-9,14-15H,3-6H2,1-2H3. The van der Waals surface area contributed by atoms with Crippen LogP contribution < -0.4 is 10.6 Å². The molecular formula is C13H19N3O2. The largest absolute Gasteiger partial charge is 0.385 e. The van der Waals surface area contributed by atoms with Crippen molar-refractivity contribution >= 4 is 17.1 Å². The molecule has 0 aliphatic heterocycles. The van der Waals surface area contributed by atoms with E-state index >= 15 is 0 Å². The van der Waals surface area contributed by atoms with Crippen LogP contribution in [0.5, 0.6) is 0 Å². The fourth-order valence-corrected chi connectivity index (χ4v) is 2.28. The number of rotatable bonds is 5. The third kappa shape index (κ3) is 2.72. The van der Waals surface area contributed by atoms with Crippen molar-refractivity contribution in [1.82, 2.24) is 0 Å². The number of nitrogens with one attached hydrogen (secondary N) is 2. The fourth-order valence-electron chi connectivity index (χ4n) is 2.28. The van der Waals surface area contributed by atoms with Crippen LogP contribution in [0.25, 0.3) is 0 Å². The van der Waals surface area contributed by atoms with Crippen LogP contribution in [0, 0.1) is 10.1 Å². The molecule has 1 aliphatic rings. The van der Waals surface area contributed by atoms with Crippen molar-refractivity contribution in [3.05, 3.63) is 28.3 Å². The van der Waals surface area contributed by atoms with Gasteiger partial charge in [0.25, 0.3) is 5.69 Å². The van der Waals surface area contributed by atoms with Gasteiger partial charge in [-0.3, -0.25) is 10.1 Å². The second kappa shape index (κ2) is 4.84. The van der Waals surface area contributed by atoms with Gasteiger partial charge < -0.3 is 10.6 Å². The summed E-state index contributed by atoms with van der Waals surface area (Å²) < 4.78 is 0. The summed E-state index contributed by atoms with van der Waals surface area (Å²) in [6, 6.07) is 5.10. The molecule has 1 saturated carbocycles. The van der Waals surface area contributed by atoms with Gasteiger partial charge in [-0.2, -0.15) is 0 Å². The van der Waals surface area contributed by atoms with Crippen LogP contribution in [0.2, 0.25) is 0 Å². The zero-order chi connectivity index (χ0) is 13.2. The van der Waals surface area contributed by atoms with Gasteiger partial charge in [-0.15, -0.1) is 0 Å². The number of hydrogen-bond acceptors (Lipinski definition) is 4. The van der Waals surface area contributed by atoms with E-state index in [1.165, 1.54) is 6.42 Å². The molecule has 0 heterocycles. The Hall–Kier alpha value is -1.78. The molecule has 0 aromatic heterocycles. The van der Waals surface area contributed by atoms with Gasteiger partial charge in [0.05, 0.1) is 4.92 Å². The highest BCUT2D eigenvalue weighted by atomic mass is 16.6. The van der Waals surface area contributed by atoms with E-state index in [4.69, 9.17) is 0 Å². The zero-order valence-corrected chi connectivity index (χ0v) is 10.8. The Bertz CT molecular complexity index is 456. The second-order valence-corrected chi connectivity index (χ2v) is 5.10. The van der Waals surface area contributed by atoms with E-state index in [0.29, 0.717) is 0 Å². The SMILES string of the molecule is CCNc1cc(NC2(C)CCC2)cc([N+](=O)[O-])c1. The highest BCUT2D eigenvalue weighted by molar-refractivity contribution is 5.64. The highest BCUT2D eigenvalue weighted by Gasteiger charge is 2.31. The van der Waals surface area contributed by atoms with Crippen LogP contribution in [-0.4, -0.2) is 17.0 Å². The van der Waals surface area contributed by atoms with Crippen LogP contribution in [0.15, 0.2) is 18.2 Å². The van der Waals surface area contributed by atoms with Crippen LogP contribution in [0.1, 0.15) is 33.1 Å². The first-order valence-electron chi connectivity index (χ1n) is 6.34. The molecule has 1 aromatic rings. The van der Waals surface area contributed by atoms with Crippen LogP contribution in [0.4, 0.5) is 17.1 Å². The summed E-state index contributed by atoms with van der Waals surface area (Å²) in [5.41, 5.74) is 1.83. The topological polar surface area (TPSA) is 67.2 Å². The maximum absolute atomic E-state index is 10.9. The predicted octanol–water partition coefficient (Wildman–Crippen LogP) is 3.38. The third-order valence-corrected chi connectivity index (χ3v) is 3.41. The normalized spacial score (nSPS) is 16.8. The molecule has 18 heavy (non-hydrogen) atoms. The van der Waals surface area contributed by atoms with Crippen LogP contribution in [-0.2, 0) is 0 Å². The molecule has 1 aliphatic carbocycles. The number of hydrogen-bond donors (Lipinski definition) is 2. The first-order valence-corrected chi connectivity index (χ1v) is 6.34. The molecule has 98 valence electrons. The quantitative estimate of drug-likeness (QED) is 0.620. The van der Waals surface area contributed by atoms with Gasteiger partial charge in [0, 0.05) is 35.6 Å².